The van der Waals surface area contributed by atoms with E-state index in [1.807, 2.05) is 0 Å². The first kappa shape index (κ1) is 23.4. The Balaban J connectivity index is 3.57. The van der Waals surface area contributed by atoms with Crippen molar-refractivity contribution in [2.45, 2.75) is 109 Å². The fourth-order valence-corrected chi connectivity index (χ4v) is 2.81. The van der Waals surface area contributed by atoms with Crippen LogP contribution < -0.4 is 0 Å². The van der Waals surface area contributed by atoms with Crippen LogP contribution in [0.25, 0.3) is 0 Å². The van der Waals surface area contributed by atoms with E-state index < -0.39 is 18.3 Å². The van der Waals surface area contributed by atoms with Crippen molar-refractivity contribution in [1.82, 2.24) is 0 Å². The van der Waals surface area contributed by atoms with E-state index in [1.165, 1.54) is 20.0 Å². The summed E-state index contributed by atoms with van der Waals surface area (Å²) in [4.78, 5) is 10.9. The van der Waals surface area contributed by atoms with Crippen molar-refractivity contribution in [2.24, 2.45) is 0 Å². The highest BCUT2D eigenvalue weighted by atomic mass is 16.5. The minimum Gasteiger partial charge on any atom is -0.469 e. The Hall–Kier alpha value is -0.650. The summed E-state index contributed by atoms with van der Waals surface area (Å²) in [5.74, 6) is -0.165. The molecule has 3 atom stereocenters. The Morgan fingerprint density at radius 1 is 0.833 bits per heavy atom. The molecule has 0 saturated heterocycles. The van der Waals surface area contributed by atoms with Gasteiger partial charge in [-0.25, -0.2) is 0 Å². The number of carbonyl (C=O) groups is 1. The molecule has 144 valence electrons. The Morgan fingerprint density at radius 2 is 1.42 bits per heavy atom. The molecule has 0 aromatic rings. The molecule has 0 saturated carbocycles. The van der Waals surface area contributed by atoms with Gasteiger partial charge in [-0.3, -0.25) is 4.79 Å². The Kier molecular flexibility index (Phi) is 15.4. The molecule has 0 aromatic carbocycles. The van der Waals surface area contributed by atoms with Crippen LogP contribution in [0.15, 0.2) is 0 Å². The molecule has 0 aliphatic heterocycles. The monoisotopic (exact) mass is 346 g/mol. The Morgan fingerprint density at radius 3 is 2.08 bits per heavy atom. The molecule has 0 bridgehead atoms. The number of aliphatic hydroxyl groups is 3. The van der Waals surface area contributed by atoms with Crippen molar-refractivity contribution in [3.8, 4) is 0 Å². The number of unbranched alkanes of at least 4 members (excludes halogenated alkanes) is 7. The number of rotatable bonds is 16. The lowest BCUT2D eigenvalue weighted by Gasteiger charge is -2.20. The van der Waals surface area contributed by atoms with E-state index in [4.69, 9.17) is 0 Å². The van der Waals surface area contributed by atoms with Gasteiger partial charge >= 0.3 is 5.97 Å². The van der Waals surface area contributed by atoms with Crippen LogP contribution in [0.1, 0.15) is 90.4 Å². The van der Waals surface area contributed by atoms with Gasteiger partial charge < -0.3 is 20.1 Å². The maximum absolute atomic E-state index is 10.9. The molecule has 0 fully saturated rings. The van der Waals surface area contributed by atoms with Gasteiger partial charge in [0.15, 0.2) is 0 Å². The number of esters is 1. The van der Waals surface area contributed by atoms with Crippen molar-refractivity contribution >= 4 is 5.97 Å². The van der Waals surface area contributed by atoms with Crippen LogP contribution >= 0.6 is 0 Å². The lowest BCUT2D eigenvalue weighted by molar-refractivity contribution is -0.140. The first-order chi connectivity index (χ1) is 11.5. The van der Waals surface area contributed by atoms with E-state index in [-0.39, 0.29) is 12.4 Å². The summed E-state index contributed by atoms with van der Waals surface area (Å²) in [5, 5.41) is 29.8. The largest absolute Gasteiger partial charge is 0.469 e. The van der Waals surface area contributed by atoms with Gasteiger partial charge in [0, 0.05) is 12.8 Å². The van der Waals surface area contributed by atoms with Gasteiger partial charge in [-0.05, 0) is 19.3 Å². The van der Waals surface area contributed by atoms with Crippen LogP contribution in [0.2, 0.25) is 0 Å². The molecular formula is C19H38O5. The first-order valence-corrected chi connectivity index (χ1v) is 9.62. The highest BCUT2D eigenvalue weighted by molar-refractivity contribution is 5.68. The lowest BCUT2D eigenvalue weighted by atomic mass is 9.98. The smallest absolute Gasteiger partial charge is 0.305 e. The zero-order valence-corrected chi connectivity index (χ0v) is 15.6. The summed E-state index contributed by atoms with van der Waals surface area (Å²) in [6, 6.07) is 0. The molecular weight excluding hydrogens is 308 g/mol. The van der Waals surface area contributed by atoms with Crippen LogP contribution in [0, 0.1) is 0 Å². The second kappa shape index (κ2) is 15.9. The van der Waals surface area contributed by atoms with Crippen molar-refractivity contribution in [3.63, 3.8) is 0 Å². The van der Waals surface area contributed by atoms with Gasteiger partial charge in [0.05, 0.1) is 25.4 Å². The van der Waals surface area contributed by atoms with Gasteiger partial charge in [0.2, 0.25) is 0 Å². The van der Waals surface area contributed by atoms with Crippen LogP contribution in [-0.4, -0.2) is 46.7 Å². The molecule has 0 rings (SSSR count). The van der Waals surface area contributed by atoms with Gasteiger partial charge in [0.25, 0.3) is 0 Å². The Labute approximate surface area is 147 Å². The number of hydrogen-bond acceptors (Lipinski definition) is 5. The number of carbonyl (C=O) groups excluding carboxylic acids is 1. The first-order valence-electron chi connectivity index (χ1n) is 9.62. The third kappa shape index (κ3) is 13.8. The number of ether oxygens (including phenoxy) is 1. The van der Waals surface area contributed by atoms with Gasteiger partial charge in [-0.2, -0.15) is 0 Å². The van der Waals surface area contributed by atoms with E-state index in [1.54, 1.807) is 0 Å². The van der Waals surface area contributed by atoms with Gasteiger partial charge in [-0.1, -0.05) is 58.3 Å². The van der Waals surface area contributed by atoms with Crippen LogP contribution in [-0.2, 0) is 9.53 Å². The van der Waals surface area contributed by atoms with Crippen LogP contribution in [0.3, 0.4) is 0 Å². The van der Waals surface area contributed by atoms with E-state index in [0.29, 0.717) is 19.3 Å². The normalized spacial score (nSPS) is 15.0. The standard InChI is InChI=1S/C19H38O5/c1-3-4-5-9-12-16(20)15-18(22)17(21)13-10-7-6-8-11-14-19(23)24-2/h16-18,20-22H,3-15H2,1-2H3/t16-,17?,18?/m1/s1. The maximum Gasteiger partial charge on any atom is 0.305 e. The minimum atomic E-state index is -0.842. The third-order valence-corrected chi connectivity index (χ3v) is 4.46. The second-order valence-electron chi connectivity index (χ2n) is 6.76. The highest BCUT2D eigenvalue weighted by Gasteiger charge is 2.19. The highest BCUT2D eigenvalue weighted by Crippen LogP contribution is 2.15. The molecule has 0 heterocycles. The number of hydrogen-bond donors (Lipinski definition) is 3. The second-order valence-corrected chi connectivity index (χ2v) is 6.76. The predicted octanol–water partition coefficient (Wildman–Crippen LogP) is 3.33. The quantitative estimate of drug-likeness (QED) is 0.295. The topological polar surface area (TPSA) is 87.0 Å². The average Bonchev–Trinajstić information content (AvgIpc) is 2.57. The molecule has 0 aliphatic rings. The van der Waals surface area contributed by atoms with Crippen molar-refractivity contribution in [1.29, 1.82) is 0 Å². The number of methoxy groups -OCH3 is 1. The molecule has 5 heteroatoms. The molecule has 3 N–H and O–H groups in total. The molecule has 5 nitrogen and oxygen atoms in total. The maximum atomic E-state index is 10.9. The Bertz CT molecular complexity index is 295. The number of aliphatic hydroxyl groups excluding tert-OH is 3. The molecule has 0 radical (unpaired) electrons. The summed E-state index contributed by atoms with van der Waals surface area (Å²) in [6.45, 7) is 2.15. The predicted molar refractivity (Wildman–Crippen MR) is 95.7 cm³/mol. The molecule has 0 amide bonds. The van der Waals surface area contributed by atoms with Gasteiger partial charge in [0.1, 0.15) is 0 Å². The fourth-order valence-electron chi connectivity index (χ4n) is 2.81. The summed E-state index contributed by atoms with van der Waals surface area (Å²) in [7, 11) is 1.40. The van der Waals surface area contributed by atoms with E-state index >= 15 is 0 Å². The van der Waals surface area contributed by atoms with Gasteiger partial charge in [-0.15, -0.1) is 0 Å². The van der Waals surface area contributed by atoms with E-state index in [9.17, 15) is 20.1 Å². The summed E-state index contributed by atoms with van der Waals surface area (Å²) in [6.07, 6.45) is 8.94. The third-order valence-electron chi connectivity index (χ3n) is 4.46. The zero-order valence-electron chi connectivity index (χ0n) is 15.6. The van der Waals surface area contributed by atoms with Crippen molar-refractivity contribution in [2.75, 3.05) is 7.11 Å². The molecule has 0 aromatic heterocycles. The summed E-state index contributed by atoms with van der Waals surface area (Å²) in [5.41, 5.74) is 0. The SMILES string of the molecule is CCCCCC[C@@H](O)CC(O)C(O)CCCCCCCC(=O)OC. The van der Waals surface area contributed by atoms with Crippen molar-refractivity contribution < 1.29 is 24.9 Å². The molecule has 0 spiro atoms. The van der Waals surface area contributed by atoms with Crippen molar-refractivity contribution in [3.05, 3.63) is 0 Å². The molecule has 2 unspecified atom stereocenters. The van der Waals surface area contributed by atoms with Crippen LogP contribution in [0.5, 0.6) is 0 Å². The van der Waals surface area contributed by atoms with E-state index in [0.717, 1.165) is 44.9 Å². The summed E-state index contributed by atoms with van der Waals surface area (Å²) >= 11 is 0. The lowest BCUT2D eigenvalue weighted by Crippen LogP contribution is -2.30. The van der Waals surface area contributed by atoms with Crippen LogP contribution in [0.4, 0.5) is 0 Å². The average molecular weight is 347 g/mol. The summed E-state index contributed by atoms with van der Waals surface area (Å²) < 4.78 is 4.58. The minimum absolute atomic E-state index is 0.165. The fraction of sp³-hybridized carbons (Fsp3) is 0.947. The zero-order chi connectivity index (χ0) is 18.2. The molecule has 24 heavy (non-hydrogen) atoms. The van der Waals surface area contributed by atoms with E-state index in [2.05, 4.69) is 11.7 Å². The molecule has 0 aliphatic carbocycles.